The molecule has 0 radical (unpaired) electrons. The number of amides is 1. The number of rotatable bonds is 5. The van der Waals surface area contributed by atoms with Crippen LogP contribution in [0, 0.1) is 6.92 Å². The summed E-state index contributed by atoms with van der Waals surface area (Å²) in [4.78, 5) is 25.2. The van der Waals surface area contributed by atoms with E-state index in [0.29, 0.717) is 28.5 Å². The van der Waals surface area contributed by atoms with E-state index in [-0.39, 0.29) is 5.56 Å². The van der Waals surface area contributed by atoms with E-state index in [1.165, 1.54) is 12.4 Å². The van der Waals surface area contributed by atoms with Crippen LogP contribution in [0.2, 0.25) is 0 Å². The van der Waals surface area contributed by atoms with E-state index in [9.17, 15) is 18.0 Å². The Balaban J connectivity index is 1.63. The lowest BCUT2D eigenvalue weighted by molar-refractivity contribution is -0.137. The van der Waals surface area contributed by atoms with Gasteiger partial charge in [0.15, 0.2) is 0 Å². The molecule has 37 heavy (non-hydrogen) atoms. The average molecular weight is 503 g/mol. The molecule has 0 atom stereocenters. The zero-order valence-electron chi connectivity index (χ0n) is 19.8. The number of anilines is 1. The zero-order chi connectivity index (χ0) is 26.3. The van der Waals surface area contributed by atoms with Gasteiger partial charge in [0.1, 0.15) is 18.0 Å². The fraction of sp³-hybridized carbons (Fsp3) is 0.111. The van der Waals surface area contributed by atoms with Crippen molar-refractivity contribution in [3.8, 4) is 28.2 Å². The number of nitrogens with one attached hydrogen (secondary N) is 1. The van der Waals surface area contributed by atoms with Crippen molar-refractivity contribution < 1.29 is 18.0 Å². The summed E-state index contributed by atoms with van der Waals surface area (Å²) in [5, 5.41) is 3.90. The number of nitrogens with zero attached hydrogens (tertiary/aromatic N) is 4. The number of carbonyl (C=O) groups excluding carboxylic acids is 1. The number of carbonyl (C=O) groups is 1. The number of hydrogen-bond acceptors (Lipinski definition) is 5. The Kier molecular flexibility index (Phi) is 5.87. The van der Waals surface area contributed by atoms with Gasteiger partial charge in [-0.3, -0.25) is 9.78 Å². The lowest BCUT2D eigenvalue weighted by Gasteiger charge is -2.14. The van der Waals surface area contributed by atoms with Gasteiger partial charge in [-0.15, -0.1) is 0 Å². The first-order valence-electron chi connectivity index (χ1n) is 11.3. The average Bonchev–Trinajstić information content (AvgIpc) is 3.31. The Morgan fingerprint density at radius 2 is 1.78 bits per heavy atom. The van der Waals surface area contributed by atoms with E-state index in [2.05, 4.69) is 20.3 Å². The van der Waals surface area contributed by atoms with Crippen molar-refractivity contribution in [2.75, 3.05) is 12.4 Å². The maximum atomic E-state index is 13.2. The Labute approximate surface area is 209 Å². The van der Waals surface area contributed by atoms with Crippen molar-refractivity contribution in [2.45, 2.75) is 13.1 Å². The number of aryl methyl sites for hydroxylation is 1. The summed E-state index contributed by atoms with van der Waals surface area (Å²) >= 11 is 0. The van der Waals surface area contributed by atoms with E-state index >= 15 is 0 Å². The fourth-order valence-corrected chi connectivity index (χ4v) is 4.23. The van der Waals surface area contributed by atoms with Gasteiger partial charge in [0, 0.05) is 42.0 Å². The predicted octanol–water partition coefficient (Wildman–Crippen LogP) is 5.62. The van der Waals surface area contributed by atoms with E-state index < -0.39 is 17.6 Å². The number of aromatic nitrogens is 4. The molecule has 2 aromatic carbocycles. The highest BCUT2D eigenvalue weighted by molar-refractivity contribution is 6.00. The highest BCUT2D eigenvalue weighted by atomic mass is 19.4. The molecule has 0 fully saturated rings. The van der Waals surface area contributed by atoms with Gasteiger partial charge < -0.3 is 15.6 Å². The topological polar surface area (TPSA) is 98.7 Å². The van der Waals surface area contributed by atoms with Crippen LogP contribution in [0.4, 0.5) is 19.0 Å². The van der Waals surface area contributed by atoms with Crippen LogP contribution in [0.1, 0.15) is 21.5 Å². The third-order valence-corrected chi connectivity index (χ3v) is 6.17. The number of pyridine rings is 1. The number of nitrogens with two attached hydrogens (primary N) is 1. The molecule has 1 amide bonds. The van der Waals surface area contributed by atoms with Crippen LogP contribution < -0.4 is 11.1 Å². The highest BCUT2D eigenvalue weighted by Gasteiger charge is 2.31. The molecule has 0 spiro atoms. The van der Waals surface area contributed by atoms with E-state index in [1.54, 1.807) is 25.4 Å². The number of fused-ring (bicyclic) bond motifs is 1. The molecule has 0 saturated heterocycles. The molecule has 0 aliphatic carbocycles. The number of halogens is 3. The van der Waals surface area contributed by atoms with Crippen LogP contribution in [-0.2, 0) is 6.18 Å². The normalized spacial score (nSPS) is 11.6. The monoisotopic (exact) mass is 502 g/mol. The highest BCUT2D eigenvalue weighted by Crippen LogP contribution is 2.35. The molecule has 7 nitrogen and oxygen atoms in total. The van der Waals surface area contributed by atoms with Crippen LogP contribution in [0.3, 0.4) is 0 Å². The number of benzene rings is 2. The number of hydrogen-bond donors (Lipinski definition) is 2. The summed E-state index contributed by atoms with van der Waals surface area (Å²) in [5.74, 6) is 0.408. The Bertz CT molecular complexity index is 1660. The van der Waals surface area contributed by atoms with Crippen molar-refractivity contribution in [3.63, 3.8) is 0 Å². The molecule has 0 unspecified atom stereocenters. The smallest absolute Gasteiger partial charge is 0.373 e. The summed E-state index contributed by atoms with van der Waals surface area (Å²) in [6, 6.07) is 14.1. The number of alkyl halides is 3. The van der Waals surface area contributed by atoms with Crippen molar-refractivity contribution in [1.29, 1.82) is 0 Å². The zero-order valence-corrected chi connectivity index (χ0v) is 19.8. The van der Waals surface area contributed by atoms with Gasteiger partial charge in [-0.05, 0) is 53.9 Å². The number of primary amides is 1. The molecule has 3 N–H and O–H groups in total. The van der Waals surface area contributed by atoms with Crippen LogP contribution in [0.15, 0.2) is 73.3 Å². The van der Waals surface area contributed by atoms with Crippen molar-refractivity contribution in [2.24, 2.45) is 5.73 Å². The van der Waals surface area contributed by atoms with Gasteiger partial charge in [0.05, 0.1) is 16.8 Å². The third-order valence-electron chi connectivity index (χ3n) is 6.17. The molecule has 0 bridgehead atoms. The predicted molar refractivity (Wildman–Crippen MR) is 135 cm³/mol. The lowest BCUT2D eigenvalue weighted by atomic mass is 9.93. The van der Waals surface area contributed by atoms with E-state index in [1.807, 2.05) is 42.0 Å². The standard InChI is InChI=1S/C27H21F3N6O/c1-15-3-4-16(19-6-5-18(27(28,29)30)10-21(19)26(31)37)9-20(15)22-11-23-17(13-33-22)7-8-36(23)25-12-24(32-2)34-14-35-25/h3-14H,1-2H3,(H2,31,37)(H,32,34,35). The molecule has 0 aliphatic rings. The summed E-state index contributed by atoms with van der Waals surface area (Å²) < 4.78 is 41.6. The van der Waals surface area contributed by atoms with Gasteiger partial charge in [-0.2, -0.15) is 13.2 Å². The van der Waals surface area contributed by atoms with E-state index in [0.717, 1.165) is 34.2 Å². The molecule has 3 heterocycles. The molecule has 0 aliphatic heterocycles. The molecule has 3 aromatic heterocycles. The second kappa shape index (κ2) is 9.05. The van der Waals surface area contributed by atoms with Gasteiger partial charge in [-0.1, -0.05) is 18.2 Å². The SMILES string of the molecule is CNc1cc(-n2ccc3cnc(-c4cc(-c5ccc(C(F)(F)F)cc5C(N)=O)ccc4C)cc32)ncn1. The minimum Gasteiger partial charge on any atom is -0.373 e. The Morgan fingerprint density at radius 1 is 0.973 bits per heavy atom. The molecule has 5 rings (SSSR count). The van der Waals surface area contributed by atoms with Crippen molar-refractivity contribution in [3.05, 3.63) is 90.0 Å². The summed E-state index contributed by atoms with van der Waals surface area (Å²) in [6.45, 7) is 1.91. The minimum atomic E-state index is -4.59. The maximum absolute atomic E-state index is 13.2. The van der Waals surface area contributed by atoms with Crippen LogP contribution in [0.5, 0.6) is 0 Å². The molecule has 186 valence electrons. The lowest BCUT2D eigenvalue weighted by Crippen LogP contribution is -2.15. The molecular weight excluding hydrogens is 481 g/mol. The van der Waals surface area contributed by atoms with Crippen molar-refractivity contribution in [1.82, 2.24) is 19.5 Å². The first-order valence-corrected chi connectivity index (χ1v) is 11.3. The van der Waals surface area contributed by atoms with Gasteiger partial charge in [-0.25, -0.2) is 9.97 Å². The Morgan fingerprint density at radius 3 is 2.51 bits per heavy atom. The summed E-state index contributed by atoms with van der Waals surface area (Å²) in [6.07, 6.45) is 0.527. The van der Waals surface area contributed by atoms with Crippen LogP contribution >= 0.6 is 0 Å². The van der Waals surface area contributed by atoms with Crippen LogP contribution in [0.25, 0.3) is 39.1 Å². The second-order valence-corrected chi connectivity index (χ2v) is 8.48. The fourth-order valence-electron chi connectivity index (χ4n) is 4.23. The van der Waals surface area contributed by atoms with Crippen molar-refractivity contribution >= 4 is 22.6 Å². The first-order chi connectivity index (χ1) is 17.7. The summed E-state index contributed by atoms with van der Waals surface area (Å²) in [5.41, 5.74) is 8.36. The first kappa shape index (κ1) is 24.0. The largest absolute Gasteiger partial charge is 0.416 e. The van der Waals surface area contributed by atoms with Crippen LogP contribution in [-0.4, -0.2) is 32.5 Å². The molecule has 5 aromatic rings. The van der Waals surface area contributed by atoms with E-state index in [4.69, 9.17) is 5.73 Å². The Hall–Kier alpha value is -4.73. The quantitative estimate of drug-likeness (QED) is 0.325. The molecule has 0 saturated carbocycles. The maximum Gasteiger partial charge on any atom is 0.416 e. The molecular formula is C27H21F3N6O. The minimum absolute atomic E-state index is 0.203. The van der Waals surface area contributed by atoms with Gasteiger partial charge in [0.2, 0.25) is 5.91 Å². The van der Waals surface area contributed by atoms with Gasteiger partial charge >= 0.3 is 6.18 Å². The molecule has 10 heteroatoms. The second-order valence-electron chi connectivity index (χ2n) is 8.48. The summed E-state index contributed by atoms with van der Waals surface area (Å²) in [7, 11) is 1.78. The third kappa shape index (κ3) is 4.49. The van der Waals surface area contributed by atoms with Gasteiger partial charge in [0.25, 0.3) is 0 Å².